The Hall–Kier alpha value is -3.08. The molecule has 0 unspecified atom stereocenters. The van der Waals surface area contributed by atoms with Gasteiger partial charge in [-0.25, -0.2) is 12.8 Å². The maximum atomic E-state index is 13.1. The van der Waals surface area contributed by atoms with Gasteiger partial charge in [0.05, 0.1) is 10.3 Å². The summed E-state index contributed by atoms with van der Waals surface area (Å²) in [7, 11) is -3.31. The highest BCUT2D eigenvalue weighted by molar-refractivity contribution is 7.90. The molecule has 1 aliphatic carbocycles. The van der Waals surface area contributed by atoms with Crippen molar-refractivity contribution in [3.8, 4) is 5.75 Å². The third kappa shape index (κ3) is 6.37. The SMILES string of the molecule is CC(F)(F)Oc1ccc(S(C)(=O)=O)cc1.Fc1ccc(C2(c3noc(N4CCCCC4)n3)CC2)cc1. The number of sulfone groups is 1. The van der Waals surface area contributed by atoms with Gasteiger partial charge in [0.1, 0.15) is 11.6 Å². The molecule has 0 bridgehead atoms. The Balaban J connectivity index is 0.000000181. The number of piperidine rings is 1. The summed E-state index contributed by atoms with van der Waals surface area (Å²) >= 11 is 0. The average molecular weight is 524 g/mol. The van der Waals surface area contributed by atoms with Crippen LogP contribution < -0.4 is 9.64 Å². The van der Waals surface area contributed by atoms with Crippen molar-refractivity contribution in [2.24, 2.45) is 0 Å². The Kier molecular flexibility index (Phi) is 7.31. The van der Waals surface area contributed by atoms with Crippen molar-refractivity contribution in [1.29, 1.82) is 0 Å². The first-order valence-corrected chi connectivity index (χ1v) is 13.6. The molecular formula is C25H28F3N3O4S. The Morgan fingerprint density at radius 3 is 2.14 bits per heavy atom. The van der Waals surface area contributed by atoms with Crippen molar-refractivity contribution in [2.75, 3.05) is 24.2 Å². The standard InChI is InChI=1S/C16H18FN3O.C9H10F2O3S/c17-13-6-4-12(5-7-13)16(8-9-16)14-18-15(21-19-14)20-10-2-1-3-11-20;1-9(10,11)14-7-3-5-8(6-4-7)15(2,12)13/h4-7H,1-3,8-11H2;3-6H,1-2H3. The lowest BCUT2D eigenvalue weighted by atomic mass is 9.95. The van der Waals surface area contributed by atoms with Crippen molar-refractivity contribution in [3.05, 3.63) is 65.7 Å². The number of alkyl halides is 2. The van der Waals surface area contributed by atoms with E-state index in [0.717, 1.165) is 43.6 Å². The van der Waals surface area contributed by atoms with Crippen LogP contribution in [-0.2, 0) is 15.3 Å². The van der Waals surface area contributed by atoms with Crippen LogP contribution in [0.25, 0.3) is 0 Å². The van der Waals surface area contributed by atoms with Gasteiger partial charge in [-0.15, -0.1) is 0 Å². The molecular weight excluding hydrogens is 495 g/mol. The van der Waals surface area contributed by atoms with E-state index in [-0.39, 0.29) is 21.9 Å². The monoisotopic (exact) mass is 523 g/mol. The number of hydrogen-bond acceptors (Lipinski definition) is 7. The molecule has 0 spiro atoms. The number of ether oxygens (including phenoxy) is 1. The van der Waals surface area contributed by atoms with Crippen molar-refractivity contribution in [3.63, 3.8) is 0 Å². The lowest BCUT2D eigenvalue weighted by Crippen LogP contribution is -2.29. The summed E-state index contributed by atoms with van der Waals surface area (Å²) in [6.45, 7) is 2.59. The summed E-state index contributed by atoms with van der Waals surface area (Å²) in [5.41, 5.74) is 0.917. The van der Waals surface area contributed by atoms with Gasteiger partial charge in [-0.3, -0.25) is 0 Å². The van der Waals surface area contributed by atoms with Crippen molar-refractivity contribution in [1.82, 2.24) is 10.1 Å². The molecule has 2 heterocycles. The summed E-state index contributed by atoms with van der Waals surface area (Å²) in [4.78, 5) is 6.85. The second-order valence-electron chi connectivity index (χ2n) is 9.19. The van der Waals surface area contributed by atoms with E-state index in [0.29, 0.717) is 12.9 Å². The van der Waals surface area contributed by atoms with Crippen LogP contribution >= 0.6 is 0 Å². The Morgan fingerprint density at radius 2 is 1.61 bits per heavy atom. The zero-order valence-corrected chi connectivity index (χ0v) is 20.9. The molecule has 11 heteroatoms. The molecule has 0 radical (unpaired) electrons. The Morgan fingerprint density at radius 1 is 1.00 bits per heavy atom. The zero-order chi connectivity index (χ0) is 26.0. The van der Waals surface area contributed by atoms with Gasteiger partial charge in [-0.1, -0.05) is 17.3 Å². The number of rotatable bonds is 6. The van der Waals surface area contributed by atoms with Crippen molar-refractivity contribution in [2.45, 2.75) is 55.4 Å². The molecule has 0 N–H and O–H groups in total. The summed E-state index contributed by atoms with van der Waals surface area (Å²) in [5, 5.41) is 4.20. The number of aromatic nitrogens is 2. The predicted octanol–water partition coefficient (Wildman–Crippen LogP) is 5.36. The highest BCUT2D eigenvalue weighted by atomic mass is 32.2. The topological polar surface area (TPSA) is 85.5 Å². The van der Waals surface area contributed by atoms with Crippen molar-refractivity contribution < 1.29 is 30.8 Å². The summed E-state index contributed by atoms with van der Waals surface area (Å²) in [6.07, 6.45) is 3.40. The van der Waals surface area contributed by atoms with E-state index in [1.165, 1.54) is 55.7 Å². The van der Waals surface area contributed by atoms with Crippen LogP contribution in [0.2, 0.25) is 0 Å². The Bertz CT molecular complexity index is 1260. The first-order chi connectivity index (χ1) is 17.0. The van der Waals surface area contributed by atoms with Gasteiger partial charge < -0.3 is 14.2 Å². The summed E-state index contributed by atoms with van der Waals surface area (Å²) in [6, 6.07) is 12.1. The molecule has 36 heavy (non-hydrogen) atoms. The van der Waals surface area contributed by atoms with Crippen LogP contribution in [0.3, 0.4) is 0 Å². The lowest BCUT2D eigenvalue weighted by molar-refractivity contribution is -0.158. The third-order valence-electron chi connectivity index (χ3n) is 6.17. The zero-order valence-electron chi connectivity index (χ0n) is 20.1. The Labute approximate surface area is 208 Å². The smallest absolute Gasteiger partial charge is 0.394 e. The third-order valence-corrected chi connectivity index (χ3v) is 7.29. The minimum Gasteiger partial charge on any atom is -0.433 e. The molecule has 1 aromatic heterocycles. The first kappa shape index (κ1) is 26.0. The van der Waals surface area contributed by atoms with E-state index in [4.69, 9.17) is 4.52 Å². The van der Waals surface area contributed by atoms with Gasteiger partial charge in [0.15, 0.2) is 15.7 Å². The van der Waals surface area contributed by atoms with E-state index in [2.05, 4.69) is 19.8 Å². The molecule has 3 aromatic rings. The number of anilines is 1. The minimum atomic E-state index is -3.31. The number of benzene rings is 2. The summed E-state index contributed by atoms with van der Waals surface area (Å²) in [5.74, 6) is 0.459. The quantitative estimate of drug-likeness (QED) is 0.430. The molecule has 0 amide bonds. The lowest BCUT2D eigenvalue weighted by Gasteiger charge is -2.23. The van der Waals surface area contributed by atoms with Gasteiger partial charge in [0.25, 0.3) is 0 Å². The molecule has 2 fully saturated rings. The molecule has 1 aliphatic heterocycles. The van der Waals surface area contributed by atoms with E-state index < -0.39 is 15.9 Å². The fourth-order valence-electron chi connectivity index (χ4n) is 4.12. The highest BCUT2D eigenvalue weighted by Gasteiger charge is 2.50. The van der Waals surface area contributed by atoms with Crippen molar-refractivity contribution >= 4 is 15.9 Å². The van der Waals surface area contributed by atoms with Crippen LogP contribution in [0.1, 0.15) is 50.4 Å². The molecule has 194 valence electrons. The molecule has 2 aliphatic rings. The highest BCUT2D eigenvalue weighted by Crippen LogP contribution is 2.52. The first-order valence-electron chi connectivity index (χ1n) is 11.7. The fraction of sp³-hybridized carbons (Fsp3) is 0.440. The van der Waals surface area contributed by atoms with Gasteiger partial charge in [0.2, 0.25) is 0 Å². The second-order valence-corrected chi connectivity index (χ2v) is 11.2. The van der Waals surface area contributed by atoms with Crippen LogP contribution in [0.4, 0.5) is 19.2 Å². The maximum absolute atomic E-state index is 13.1. The number of halogens is 3. The second kappa shape index (κ2) is 10.1. The summed E-state index contributed by atoms with van der Waals surface area (Å²) < 4.78 is 69.7. The predicted molar refractivity (Wildman–Crippen MR) is 128 cm³/mol. The molecule has 7 nitrogen and oxygen atoms in total. The van der Waals surface area contributed by atoms with Crippen LogP contribution in [0.5, 0.6) is 5.75 Å². The van der Waals surface area contributed by atoms with Crippen LogP contribution in [0, 0.1) is 5.82 Å². The fourth-order valence-corrected chi connectivity index (χ4v) is 4.75. The van der Waals surface area contributed by atoms with Gasteiger partial charge in [-0.2, -0.15) is 13.8 Å². The number of hydrogen-bond donors (Lipinski definition) is 0. The molecule has 2 aromatic carbocycles. The number of nitrogens with zero attached hydrogens (tertiary/aromatic N) is 3. The van der Waals surface area contributed by atoms with Gasteiger partial charge >= 0.3 is 12.1 Å². The van der Waals surface area contributed by atoms with Crippen LogP contribution in [-0.4, -0.2) is 44.0 Å². The van der Waals surface area contributed by atoms with Gasteiger partial charge in [-0.05, 0) is 74.1 Å². The van der Waals surface area contributed by atoms with Crippen LogP contribution in [0.15, 0.2) is 57.9 Å². The van der Waals surface area contributed by atoms with E-state index in [1.54, 1.807) is 0 Å². The van der Waals surface area contributed by atoms with E-state index in [1.807, 2.05) is 12.1 Å². The largest absolute Gasteiger partial charge is 0.433 e. The normalized spacial score (nSPS) is 17.2. The molecule has 1 saturated carbocycles. The van der Waals surface area contributed by atoms with E-state index >= 15 is 0 Å². The molecule has 1 saturated heterocycles. The molecule has 0 atom stereocenters. The van der Waals surface area contributed by atoms with Gasteiger partial charge in [0, 0.05) is 26.3 Å². The maximum Gasteiger partial charge on any atom is 0.394 e. The minimum absolute atomic E-state index is 0.0641. The van der Waals surface area contributed by atoms with E-state index in [9.17, 15) is 21.6 Å². The molecule has 5 rings (SSSR count). The average Bonchev–Trinajstić information content (AvgIpc) is 3.48.